The Balaban J connectivity index is 1.88. The molecule has 0 aromatic heterocycles. The summed E-state index contributed by atoms with van der Waals surface area (Å²) in [4.78, 5) is 0. The minimum absolute atomic E-state index is 0.0989. The minimum atomic E-state index is -1.81. The quantitative estimate of drug-likeness (QED) is 0.679. The van der Waals surface area contributed by atoms with Crippen LogP contribution in [0.15, 0.2) is 60.7 Å². The van der Waals surface area contributed by atoms with Gasteiger partial charge in [0.1, 0.15) is 5.60 Å². The maximum Gasteiger partial charge on any atom is 0.117 e. The smallest absolute Gasteiger partial charge is 0.117 e. The molecule has 1 saturated heterocycles. The molecule has 3 heteroatoms. The van der Waals surface area contributed by atoms with E-state index in [0.29, 0.717) is 0 Å². The van der Waals surface area contributed by atoms with Crippen molar-refractivity contribution >= 4 is 13.3 Å². The molecule has 0 unspecified atom stereocenters. The zero-order chi connectivity index (χ0) is 15.8. The second-order valence-corrected chi connectivity index (χ2v) is 11.7. The molecule has 2 aromatic rings. The maximum absolute atomic E-state index is 10.1. The van der Waals surface area contributed by atoms with Gasteiger partial charge in [-0.05, 0) is 12.5 Å². The molecule has 0 spiro atoms. The van der Waals surface area contributed by atoms with E-state index in [-0.39, 0.29) is 23.9 Å². The van der Waals surface area contributed by atoms with Crippen molar-refractivity contribution in [1.29, 1.82) is 0 Å². The number of rotatable bonds is 5. The maximum atomic E-state index is 10.1. The van der Waals surface area contributed by atoms with E-state index < -0.39 is 8.07 Å². The standard InChI is InChI=1S/C19H24O2Si/c1-19(15-10-6-4-7-11-15)18(21-19)17(14-20)22(2,3)16-12-8-5-9-13-16/h4-13,17-18,20H,14H2,1-3H3/t17-,18+,19+/m0/s1. The molecule has 0 radical (unpaired) electrons. The number of ether oxygens (including phenoxy) is 1. The highest BCUT2D eigenvalue weighted by molar-refractivity contribution is 6.91. The molecule has 3 rings (SSSR count). The molecule has 1 fully saturated rings. The van der Waals surface area contributed by atoms with Crippen LogP contribution in [-0.4, -0.2) is 25.9 Å². The van der Waals surface area contributed by atoms with Crippen molar-refractivity contribution < 1.29 is 9.84 Å². The van der Waals surface area contributed by atoms with Gasteiger partial charge < -0.3 is 9.84 Å². The number of epoxide rings is 1. The summed E-state index contributed by atoms with van der Waals surface area (Å²) in [5, 5.41) is 11.4. The van der Waals surface area contributed by atoms with Gasteiger partial charge in [0.2, 0.25) is 0 Å². The molecule has 22 heavy (non-hydrogen) atoms. The number of aliphatic hydroxyl groups excluding tert-OH is 1. The molecular weight excluding hydrogens is 288 g/mol. The molecule has 0 aliphatic carbocycles. The van der Waals surface area contributed by atoms with E-state index >= 15 is 0 Å². The van der Waals surface area contributed by atoms with Gasteiger partial charge in [0.15, 0.2) is 0 Å². The van der Waals surface area contributed by atoms with Gasteiger partial charge in [-0.25, -0.2) is 0 Å². The topological polar surface area (TPSA) is 32.8 Å². The SMILES string of the molecule is C[C@]1(c2ccccc2)O[C@@H]1[C@H](CO)[Si](C)(C)c1ccccc1. The summed E-state index contributed by atoms with van der Waals surface area (Å²) < 4.78 is 6.13. The largest absolute Gasteiger partial charge is 0.396 e. The van der Waals surface area contributed by atoms with Crippen LogP contribution < -0.4 is 5.19 Å². The van der Waals surface area contributed by atoms with Crippen molar-refractivity contribution in [3.63, 3.8) is 0 Å². The number of hydrogen-bond acceptors (Lipinski definition) is 2. The highest BCUT2D eigenvalue weighted by atomic mass is 28.3. The molecule has 0 amide bonds. The Morgan fingerprint density at radius 1 is 1.05 bits per heavy atom. The summed E-state index contributed by atoms with van der Waals surface area (Å²) in [5.41, 5.74) is 1.14. The molecule has 1 N–H and O–H groups in total. The predicted molar refractivity (Wildman–Crippen MR) is 93.1 cm³/mol. The van der Waals surface area contributed by atoms with Gasteiger partial charge >= 0.3 is 0 Å². The minimum Gasteiger partial charge on any atom is -0.396 e. The fraction of sp³-hybridized carbons (Fsp3) is 0.368. The van der Waals surface area contributed by atoms with Gasteiger partial charge in [0, 0.05) is 12.1 Å². The summed E-state index contributed by atoms with van der Waals surface area (Å²) in [6, 6.07) is 21.0. The predicted octanol–water partition coefficient (Wildman–Crippen LogP) is 3.28. The lowest BCUT2D eigenvalue weighted by Crippen LogP contribution is -2.49. The third-order valence-electron chi connectivity index (χ3n) is 5.21. The molecule has 116 valence electrons. The lowest BCUT2D eigenvalue weighted by atomic mass is 9.96. The normalized spacial score (nSPS) is 25.7. The van der Waals surface area contributed by atoms with Gasteiger partial charge in [-0.3, -0.25) is 0 Å². The zero-order valence-electron chi connectivity index (χ0n) is 13.5. The third-order valence-corrected chi connectivity index (χ3v) is 9.37. The van der Waals surface area contributed by atoms with Crippen molar-refractivity contribution in [2.24, 2.45) is 0 Å². The highest BCUT2D eigenvalue weighted by Crippen LogP contribution is 2.53. The van der Waals surface area contributed by atoms with Crippen molar-refractivity contribution in [3.05, 3.63) is 66.2 Å². The lowest BCUT2D eigenvalue weighted by molar-refractivity contribution is 0.254. The summed E-state index contributed by atoms with van der Waals surface area (Å²) in [6.45, 7) is 6.99. The van der Waals surface area contributed by atoms with Crippen LogP contribution in [0.2, 0.25) is 18.6 Å². The third kappa shape index (κ3) is 2.54. The van der Waals surface area contributed by atoms with Crippen molar-refractivity contribution in [3.8, 4) is 0 Å². The Morgan fingerprint density at radius 3 is 2.14 bits per heavy atom. The van der Waals surface area contributed by atoms with Crippen LogP contribution in [0.4, 0.5) is 0 Å². The summed E-state index contributed by atoms with van der Waals surface area (Å²) in [5.74, 6) is 0. The molecular formula is C19H24O2Si. The second kappa shape index (κ2) is 5.65. The fourth-order valence-corrected chi connectivity index (χ4v) is 6.56. The van der Waals surface area contributed by atoms with Crippen LogP contribution in [0.5, 0.6) is 0 Å². The first-order chi connectivity index (χ1) is 10.5. The van der Waals surface area contributed by atoms with Gasteiger partial charge in [0.25, 0.3) is 0 Å². The van der Waals surface area contributed by atoms with Crippen LogP contribution >= 0.6 is 0 Å². The Kier molecular flexibility index (Phi) is 3.97. The Labute approximate surface area is 133 Å². The Morgan fingerprint density at radius 2 is 1.59 bits per heavy atom. The van der Waals surface area contributed by atoms with E-state index in [0.717, 1.165) is 0 Å². The first-order valence-corrected chi connectivity index (χ1v) is 11.0. The van der Waals surface area contributed by atoms with E-state index in [4.69, 9.17) is 4.74 Å². The second-order valence-electron chi connectivity index (χ2n) is 6.89. The van der Waals surface area contributed by atoms with Gasteiger partial charge in [-0.1, -0.05) is 78.9 Å². The van der Waals surface area contributed by atoms with E-state index in [1.165, 1.54) is 10.8 Å². The van der Waals surface area contributed by atoms with Crippen molar-refractivity contribution in [2.45, 2.75) is 37.3 Å². The summed E-state index contributed by atoms with van der Waals surface area (Å²) >= 11 is 0. The molecule has 0 saturated carbocycles. The van der Waals surface area contributed by atoms with Crippen LogP contribution in [-0.2, 0) is 10.3 Å². The molecule has 0 bridgehead atoms. The van der Waals surface area contributed by atoms with E-state index in [1.807, 2.05) is 24.3 Å². The van der Waals surface area contributed by atoms with Gasteiger partial charge in [-0.15, -0.1) is 0 Å². The fourth-order valence-electron chi connectivity index (χ4n) is 3.48. The Hall–Kier alpha value is -1.42. The van der Waals surface area contributed by atoms with Crippen molar-refractivity contribution in [1.82, 2.24) is 0 Å². The Bertz CT molecular complexity index is 626. The number of hydrogen-bond donors (Lipinski definition) is 1. The molecule has 1 aliphatic heterocycles. The van der Waals surface area contributed by atoms with Crippen LogP contribution in [0, 0.1) is 0 Å². The van der Waals surface area contributed by atoms with Gasteiger partial charge in [-0.2, -0.15) is 0 Å². The molecule has 2 aromatic carbocycles. The average molecular weight is 312 g/mol. The first-order valence-electron chi connectivity index (χ1n) is 7.90. The molecule has 1 heterocycles. The van der Waals surface area contributed by atoms with Crippen LogP contribution in [0.3, 0.4) is 0 Å². The van der Waals surface area contributed by atoms with E-state index in [1.54, 1.807) is 0 Å². The lowest BCUT2D eigenvalue weighted by Gasteiger charge is -2.31. The van der Waals surface area contributed by atoms with E-state index in [2.05, 4.69) is 56.4 Å². The average Bonchev–Trinajstić information content (AvgIpc) is 3.22. The highest BCUT2D eigenvalue weighted by Gasteiger charge is 2.60. The van der Waals surface area contributed by atoms with Crippen molar-refractivity contribution in [2.75, 3.05) is 6.61 Å². The van der Waals surface area contributed by atoms with Gasteiger partial charge in [0.05, 0.1) is 14.2 Å². The molecule has 1 aliphatic rings. The number of aliphatic hydroxyl groups is 1. The molecule has 3 atom stereocenters. The first kappa shape index (κ1) is 15.5. The molecule has 2 nitrogen and oxygen atoms in total. The monoisotopic (exact) mass is 312 g/mol. The summed E-state index contributed by atoms with van der Waals surface area (Å²) in [6.07, 6.45) is 0.0989. The zero-order valence-corrected chi connectivity index (χ0v) is 14.5. The number of benzene rings is 2. The van der Waals surface area contributed by atoms with Crippen LogP contribution in [0.1, 0.15) is 12.5 Å². The van der Waals surface area contributed by atoms with Crippen LogP contribution in [0.25, 0.3) is 0 Å². The summed E-state index contributed by atoms with van der Waals surface area (Å²) in [7, 11) is -1.81. The van der Waals surface area contributed by atoms with E-state index in [9.17, 15) is 5.11 Å².